The van der Waals surface area contributed by atoms with Gasteiger partial charge in [0.05, 0.1) is 6.04 Å². The monoisotopic (exact) mass is 364 g/mol. The van der Waals surface area contributed by atoms with E-state index >= 15 is 0 Å². The van der Waals surface area contributed by atoms with Crippen LogP contribution >= 0.6 is 11.3 Å². The van der Waals surface area contributed by atoms with Crippen LogP contribution in [0.2, 0.25) is 0 Å². The third kappa shape index (κ3) is 2.97. The van der Waals surface area contributed by atoms with Gasteiger partial charge in [0.25, 0.3) is 5.91 Å². The summed E-state index contributed by atoms with van der Waals surface area (Å²) in [5.41, 5.74) is 3.96. The number of fused-ring (bicyclic) bond motifs is 1. The van der Waals surface area contributed by atoms with E-state index in [0.717, 1.165) is 22.8 Å². The Kier molecular flexibility index (Phi) is 4.42. The fraction of sp³-hybridized carbons (Fsp3) is 0.250. The van der Waals surface area contributed by atoms with Crippen LogP contribution in [-0.4, -0.2) is 34.4 Å². The van der Waals surface area contributed by atoms with E-state index in [1.807, 2.05) is 71.0 Å². The summed E-state index contributed by atoms with van der Waals surface area (Å²) in [4.78, 5) is 25.7. The van der Waals surface area contributed by atoms with Crippen LogP contribution in [0.4, 0.5) is 10.8 Å². The first kappa shape index (κ1) is 16.7. The number of rotatable bonds is 3. The van der Waals surface area contributed by atoms with Crippen molar-refractivity contribution in [3.63, 3.8) is 0 Å². The average molecular weight is 364 g/mol. The van der Waals surface area contributed by atoms with E-state index in [1.165, 1.54) is 16.9 Å². The van der Waals surface area contributed by atoms with Crippen molar-refractivity contribution < 1.29 is 4.79 Å². The van der Waals surface area contributed by atoms with Crippen molar-refractivity contribution in [2.24, 2.45) is 0 Å². The zero-order valence-electron chi connectivity index (χ0n) is 14.8. The molecular weight excluding hydrogens is 344 g/mol. The Morgan fingerprint density at radius 1 is 1.27 bits per heavy atom. The Hall–Kier alpha value is -2.73. The summed E-state index contributed by atoms with van der Waals surface area (Å²) in [6.45, 7) is 2.76. The lowest BCUT2D eigenvalue weighted by molar-refractivity contribution is 0.0672. The van der Waals surface area contributed by atoms with Crippen LogP contribution in [0.5, 0.6) is 0 Å². The maximum absolute atomic E-state index is 13.0. The van der Waals surface area contributed by atoms with Gasteiger partial charge in [-0.2, -0.15) is 0 Å². The van der Waals surface area contributed by atoms with Crippen molar-refractivity contribution in [2.75, 3.05) is 18.5 Å². The molecule has 132 valence electrons. The number of benzene rings is 1. The van der Waals surface area contributed by atoms with Crippen molar-refractivity contribution in [2.45, 2.75) is 19.4 Å². The molecule has 0 N–H and O–H groups in total. The first-order valence-corrected chi connectivity index (χ1v) is 9.51. The molecule has 1 aliphatic heterocycles. The molecule has 0 spiro atoms. The Bertz CT molecular complexity index is 924. The molecule has 1 amide bonds. The maximum Gasteiger partial charge on any atom is 0.273 e. The standard InChI is InChI=1S/C20H20N4OS/c1-14-17-12-21-10-8-15(17)9-11-24(14)19(25)18-13-26-20(22-18)23(2)16-6-4-3-5-7-16/h3-8,10,12-14H,9,11H2,1-2H3. The molecule has 5 nitrogen and oxygen atoms in total. The molecule has 0 fully saturated rings. The SMILES string of the molecule is CC1c2cnccc2CCN1C(=O)c1csc(N(C)c2ccccc2)n1. The number of anilines is 2. The minimum Gasteiger partial charge on any atom is -0.330 e. The highest BCUT2D eigenvalue weighted by Crippen LogP contribution is 2.31. The first-order chi connectivity index (χ1) is 12.6. The summed E-state index contributed by atoms with van der Waals surface area (Å²) < 4.78 is 0. The minimum absolute atomic E-state index is 0.0111. The number of carbonyl (C=O) groups excluding carboxylic acids is 1. The lowest BCUT2D eigenvalue weighted by atomic mass is 9.95. The van der Waals surface area contributed by atoms with Gasteiger partial charge in [-0.15, -0.1) is 11.3 Å². The fourth-order valence-electron chi connectivity index (χ4n) is 3.34. The van der Waals surface area contributed by atoms with E-state index in [0.29, 0.717) is 12.2 Å². The van der Waals surface area contributed by atoms with Gasteiger partial charge in [0.15, 0.2) is 5.13 Å². The van der Waals surface area contributed by atoms with Crippen molar-refractivity contribution in [1.29, 1.82) is 0 Å². The third-order valence-corrected chi connectivity index (χ3v) is 5.81. The first-order valence-electron chi connectivity index (χ1n) is 8.63. The number of hydrogen-bond donors (Lipinski definition) is 0. The van der Waals surface area contributed by atoms with Gasteiger partial charge >= 0.3 is 0 Å². The zero-order chi connectivity index (χ0) is 18.1. The molecule has 1 unspecified atom stereocenters. The van der Waals surface area contributed by atoms with E-state index in [9.17, 15) is 4.79 Å². The number of para-hydroxylation sites is 1. The largest absolute Gasteiger partial charge is 0.330 e. The molecule has 2 aromatic heterocycles. The quantitative estimate of drug-likeness (QED) is 0.703. The van der Waals surface area contributed by atoms with Gasteiger partial charge in [0, 0.05) is 37.1 Å². The lowest BCUT2D eigenvalue weighted by Gasteiger charge is -2.34. The van der Waals surface area contributed by atoms with Gasteiger partial charge in [-0.1, -0.05) is 18.2 Å². The van der Waals surface area contributed by atoms with Crippen LogP contribution < -0.4 is 4.90 Å². The van der Waals surface area contributed by atoms with Crippen LogP contribution in [0, 0.1) is 0 Å². The Morgan fingerprint density at radius 3 is 2.88 bits per heavy atom. The number of carbonyl (C=O) groups is 1. The van der Waals surface area contributed by atoms with Crippen LogP contribution in [0.15, 0.2) is 54.2 Å². The fourth-order valence-corrected chi connectivity index (χ4v) is 4.13. The van der Waals surface area contributed by atoms with Gasteiger partial charge < -0.3 is 9.80 Å². The van der Waals surface area contributed by atoms with Gasteiger partial charge in [-0.05, 0) is 42.7 Å². The molecule has 1 atom stereocenters. The Balaban J connectivity index is 1.56. The number of thiazole rings is 1. The molecule has 1 aromatic carbocycles. The highest BCUT2D eigenvalue weighted by atomic mass is 32.1. The summed E-state index contributed by atoms with van der Waals surface area (Å²) in [5.74, 6) is -0.0176. The number of nitrogens with zero attached hydrogens (tertiary/aromatic N) is 4. The molecule has 3 aromatic rings. The second-order valence-corrected chi connectivity index (χ2v) is 7.25. The Labute approximate surface area is 156 Å². The van der Waals surface area contributed by atoms with Crippen molar-refractivity contribution in [1.82, 2.24) is 14.9 Å². The Morgan fingerprint density at radius 2 is 2.08 bits per heavy atom. The highest BCUT2D eigenvalue weighted by molar-refractivity contribution is 7.14. The van der Waals surface area contributed by atoms with Crippen LogP contribution in [-0.2, 0) is 6.42 Å². The molecule has 0 aliphatic carbocycles. The van der Waals surface area contributed by atoms with E-state index < -0.39 is 0 Å². The summed E-state index contributed by atoms with van der Waals surface area (Å²) in [6, 6.07) is 12.1. The minimum atomic E-state index is -0.0176. The van der Waals surface area contributed by atoms with E-state index in [-0.39, 0.29) is 11.9 Å². The molecule has 6 heteroatoms. The molecule has 1 aliphatic rings. The second-order valence-electron chi connectivity index (χ2n) is 6.41. The van der Waals surface area contributed by atoms with Crippen molar-refractivity contribution in [3.05, 3.63) is 71.0 Å². The topological polar surface area (TPSA) is 49.3 Å². The molecule has 4 rings (SSSR count). The zero-order valence-corrected chi connectivity index (χ0v) is 15.6. The number of pyridine rings is 1. The van der Waals surface area contributed by atoms with Gasteiger partial charge in [-0.3, -0.25) is 9.78 Å². The predicted molar refractivity (Wildman–Crippen MR) is 104 cm³/mol. The molecule has 26 heavy (non-hydrogen) atoms. The lowest BCUT2D eigenvalue weighted by Crippen LogP contribution is -2.39. The molecule has 0 bridgehead atoms. The highest BCUT2D eigenvalue weighted by Gasteiger charge is 2.29. The van der Waals surface area contributed by atoms with Crippen LogP contribution in [0.1, 0.15) is 34.6 Å². The van der Waals surface area contributed by atoms with E-state index in [4.69, 9.17) is 0 Å². The van der Waals surface area contributed by atoms with E-state index in [2.05, 4.69) is 16.9 Å². The number of amides is 1. The molecule has 0 radical (unpaired) electrons. The summed E-state index contributed by atoms with van der Waals surface area (Å²) in [5, 5.41) is 2.66. The maximum atomic E-state index is 13.0. The number of aromatic nitrogens is 2. The predicted octanol–water partition coefficient (Wildman–Crippen LogP) is 4.07. The summed E-state index contributed by atoms with van der Waals surface area (Å²) >= 11 is 1.49. The van der Waals surface area contributed by atoms with Gasteiger partial charge in [0.2, 0.25) is 0 Å². The molecule has 0 saturated carbocycles. The van der Waals surface area contributed by atoms with Crippen LogP contribution in [0.25, 0.3) is 0 Å². The molecule has 3 heterocycles. The smallest absolute Gasteiger partial charge is 0.273 e. The van der Waals surface area contributed by atoms with Gasteiger partial charge in [-0.25, -0.2) is 4.98 Å². The second kappa shape index (κ2) is 6.88. The number of hydrogen-bond acceptors (Lipinski definition) is 5. The third-order valence-electron chi connectivity index (χ3n) is 4.89. The van der Waals surface area contributed by atoms with E-state index in [1.54, 1.807) is 0 Å². The molecule has 0 saturated heterocycles. The summed E-state index contributed by atoms with van der Waals surface area (Å²) in [6.07, 6.45) is 4.54. The summed E-state index contributed by atoms with van der Waals surface area (Å²) in [7, 11) is 1.97. The normalized spacial score (nSPS) is 16.2. The van der Waals surface area contributed by atoms with Crippen molar-refractivity contribution >= 4 is 28.1 Å². The van der Waals surface area contributed by atoms with Crippen LogP contribution in [0.3, 0.4) is 0 Å². The van der Waals surface area contributed by atoms with Crippen molar-refractivity contribution in [3.8, 4) is 0 Å². The molecular formula is C20H20N4OS. The van der Waals surface area contributed by atoms with Gasteiger partial charge in [0.1, 0.15) is 5.69 Å². The average Bonchev–Trinajstić information content (AvgIpc) is 3.18.